The van der Waals surface area contributed by atoms with Gasteiger partial charge in [-0.05, 0) is 0 Å². The van der Waals surface area contributed by atoms with Crippen LogP contribution in [0, 0.1) is 35.5 Å². The minimum atomic E-state index is -2.26. The fourth-order valence-corrected chi connectivity index (χ4v) is 16.5. The SMILES string of the molecule is O=C([O-])C1C(C(=O)[O-])C2(Cl)C(Cl)=C(Cl)C1(Cl)C2(Cl)Cl.O=C([O-])C1C(C(=O)[O-])C2(Cl)C(Cl)=C(Cl)C1(Cl)C2(Cl)Cl.O=C([O-])C1C(C(=O)[O-])C2(Cl)C(Cl)=C(Cl)C1(Cl)C2(Cl)Cl.[Fe+3].[Fe+3]. The van der Waals surface area contributed by atoms with Crippen molar-refractivity contribution in [3.63, 3.8) is 0 Å². The topological polar surface area (TPSA) is 241 Å². The predicted molar refractivity (Wildman–Crippen MR) is 202 cm³/mol. The fraction of sp³-hybridized carbons (Fsp3) is 0.556. The van der Waals surface area contributed by atoms with Gasteiger partial charge in [-0.15, -0.1) is 69.6 Å². The van der Waals surface area contributed by atoms with Gasteiger partial charge in [-0.25, -0.2) is 0 Å². The summed E-state index contributed by atoms with van der Waals surface area (Å²) in [6, 6.07) is 0. The minimum absolute atomic E-state index is 0. The molecule has 0 aliphatic heterocycles. The molecule has 0 amide bonds. The molecule has 0 spiro atoms. The van der Waals surface area contributed by atoms with Crippen LogP contribution in [0.1, 0.15) is 0 Å². The van der Waals surface area contributed by atoms with E-state index < -0.39 is 144 Å². The van der Waals surface area contributed by atoms with Crippen molar-refractivity contribution in [2.24, 2.45) is 35.5 Å². The maximum absolute atomic E-state index is 11.2. The van der Waals surface area contributed by atoms with Gasteiger partial charge >= 0.3 is 34.1 Å². The fourth-order valence-electron chi connectivity index (χ4n) is 7.74. The third-order valence-electron chi connectivity index (χ3n) is 10.3. The molecule has 2 radical (unpaired) electrons. The number of carbonyl (C=O) groups is 6. The number of halogens is 18. The summed E-state index contributed by atoms with van der Waals surface area (Å²) in [7, 11) is 0. The first-order chi connectivity index (χ1) is 25.4. The Morgan fingerprint density at radius 1 is 0.288 bits per heavy atom. The van der Waals surface area contributed by atoms with E-state index in [1.807, 2.05) is 0 Å². The van der Waals surface area contributed by atoms with Crippen LogP contribution in [0.3, 0.4) is 0 Å². The second-order valence-corrected chi connectivity index (χ2v) is 22.5. The van der Waals surface area contributed by atoms with Crippen molar-refractivity contribution in [2.75, 3.05) is 0 Å². The molecule has 3 fully saturated rings. The van der Waals surface area contributed by atoms with Crippen molar-refractivity contribution in [3.05, 3.63) is 30.2 Å². The normalized spacial score (nSPS) is 42.2. The molecule has 0 saturated heterocycles. The molecule has 6 bridgehead atoms. The predicted octanol–water partition coefficient (Wildman–Crippen LogP) is 1.69. The molecule has 6 aliphatic rings. The number of alkyl halides is 12. The summed E-state index contributed by atoms with van der Waals surface area (Å²) < 4.78 is -6.77. The van der Waals surface area contributed by atoms with Gasteiger partial charge in [0.2, 0.25) is 0 Å². The monoisotopic (exact) mass is 1260 g/mol. The Bertz CT molecular complexity index is 1700. The largest absolute Gasteiger partial charge is 3.00 e. The van der Waals surface area contributed by atoms with Gasteiger partial charge in [0.05, 0.1) is 30.2 Å². The maximum atomic E-state index is 11.2. The van der Waals surface area contributed by atoms with E-state index in [9.17, 15) is 59.4 Å². The number of fused-ring (bicyclic) bond motifs is 6. The average Bonchev–Trinajstić information content (AvgIpc) is 3.52. The molecule has 59 heavy (non-hydrogen) atoms. The number of carboxylic acid groups (broad SMARTS) is 6. The van der Waals surface area contributed by atoms with E-state index in [2.05, 4.69) is 0 Å². The van der Waals surface area contributed by atoms with E-state index in [-0.39, 0.29) is 34.1 Å². The molecule has 0 aromatic heterocycles. The van der Waals surface area contributed by atoms with Gasteiger partial charge in [0, 0.05) is 71.3 Å². The van der Waals surface area contributed by atoms with Crippen LogP contribution in [0.4, 0.5) is 0 Å². The zero-order valence-corrected chi connectivity index (χ0v) is 42.2. The Labute approximate surface area is 441 Å². The van der Waals surface area contributed by atoms with Gasteiger partial charge < -0.3 is 59.4 Å². The first kappa shape index (κ1) is 57.4. The quantitative estimate of drug-likeness (QED) is 0.273. The van der Waals surface area contributed by atoms with Crippen LogP contribution >= 0.6 is 209 Å². The summed E-state index contributed by atoms with van der Waals surface area (Å²) in [5.74, 6) is -22.2. The minimum Gasteiger partial charge on any atom is -0.550 e. The zero-order valence-electron chi connectivity index (χ0n) is 26.4. The number of hydrogen-bond donors (Lipinski definition) is 0. The zero-order chi connectivity index (χ0) is 44.9. The van der Waals surface area contributed by atoms with Crippen molar-refractivity contribution < 1.29 is 93.5 Å². The Hall–Kier alpha value is 2.30. The van der Waals surface area contributed by atoms with Crippen LogP contribution in [0.2, 0.25) is 0 Å². The van der Waals surface area contributed by atoms with Crippen LogP contribution in [0.5, 0.6) is 0 Å². The third kappa shape index (κ3) is 6.59. The van der Waals surface area contributed by atoms with Crippen LogP contribution in [0.15, 0.2) is 30.2 Å². The molecular weight excluding hydrogens is 1270 g/mol. The van der Waals surface area contributed by atoms with Gasteiger partial charge in [-0.1, -0.05) is 139 Å². The van der Waals surface area contributed by atoms with E-state index in [1.165, 1.54) is 0 Å². The van der Waals surface area contributed by atoms with Crippen molar-refractivity contribution in [2.45, 2.75) is 42.2 Å². The molecule has 12 atom stereocenters. The van der Waals surface area contributed by atoms with Crippen LogP contribution in [-0.2, 0) is 62.9 Å². The van der Waals surface area contributed by atoms with Crippen LogP contribution < -0.4 is 30.6 Å². The van der Waals surface area contributed by atoms with Gasteiger partial charge in [0.1, 0.15) is 29.2 Å². The van der Waals surface area contributed by atoms with Crippen molar-refractivity contribution in [1.29, 1.82) is 0 Å². The van der Waals surface area contributed by atoms with Crippen molar-refractivity contribution in [1.82, 2.24) is 0 Å². The average molecular weight is 1270 g/mol. The second-order valence-electron chi connectivity index (χ2n) is 12.7. The number of carboxylic acids is 6. The van der Waals surface area contributed by atoms with Crippen molar-refractivity contribution >= 4 is 245 Å². The van der Waals surface area contributed by atoms with Gasteiger partial charge in [0.15, 0.2) is 13.0 Å². The second kappa shape index (κ2) is 17.4. The van der Waals surface area contributed by atoms with E-state index in [0.717, 1.165) is 0 Å². The van der Waals surface area contributed by atoms with E-state index in [0.29, 0.717) is 0 Å². The van der Waals surface area contributed by atoms with E-state index >= 15 is 0 Å². The first-order valence-electron chi connectivity index (χ1n) is 14.1. The van der Waals surface area contributed by atoms with Gasteiger partial charge in [0.25, 0.3) is 0 Å². The summed E-state index contributed by atoms with van der Waals surface area (Å²) in [6.07, 6.45) is 0. The van der Waals surface area contributed by atoms with Crippen LogP contribution in [0.25, 0.3) is 0 Å². The molecule has 6 aliphatic carbocycles. The number of rotatable bonds is 6. The van der Waals surface area contributed by atoms with Crippen molar-refractivity contribution in [3.8, 4) is 0 Å². The molecule has 6 rings (SSSR count). The Balaban J connectivity index is 0.000000300. The number of hydrogen-bond acceptors (Lipinski definition) is 12. The van der Waals surface area contributed by atoms with Gasteiger partial charge in [-0.3, -0.25) is 0 Å². The van der Waals surface area contributed by atoms with Gasteiger partial charge in [-0.2, -0.15) is 0 Å². The summed E-state index contributed by atoms with van der Waals surface area (Å²) in [5, 5.41) is 64.8. The van der Waals surface area contributed by atoms with E-state index in [4.69, 9.17) is 209 Å². The Morgan fingerprint density at radius 2 is 0.373 bits per heavy atom. The molecule has 0 heterocycles. The summed E-state index contributed by atoms with van der Waals surface area (Å²) in [6.45, 7) is 0. The molecule has 328 valence electrons. The molecule has 0 N–H and O–H groups in total. The molecule has 3 saturated carbocycles. The Kier molecular flexibility index (Phi) is 17.0. The number of allylic oxidation sites excluding steroid dienone is 6. The molecule has 0 aromatic carbocycles. The summed E-state index contributed by atoms with van der Waals surface area (Å²) >= 11 is 108. The molecule has 12 nitrogen and oxygen atoms in total. The molecule has 0 aromatic rings. The molecule has 12 unspecified atom stereocenters. The third-order valence-corrected chi connectivity index (χ3v) is 23.1. The Morgan fingerprint density at radius 3 is 0.441 bits per heavy atom. The van der Waals surface area contributed by atoms with E-state index in [1.54, 1.807) is 0 Å². The number of carbonyl (C=O) groups excluding carboxylic acids is 6. The number of aliphatic carboxylic acids is 6. The summed E-state index contributed by atoms with van der Waals surface area (Å²) in [5.41, 5.74) is 0. The maximum Gasteiger partial charge on any atom is 3.00 e. The first-order valence-corrected chi connectivity index (χ1v) is 20.9. The smallest absolute Gasteiger partial charge is 0.550 e. The molecular formula is C27H6Cl18Fe2O12. The standard InChI is InChI=1S/3C9H4Cl6O4.2Fe/c3*10-3-4(11)8(13)2(6(18)19)1(5(16)17)7(3,12)9(8,14)15;;/h3*1-2H,(H,16,17)(H,18,19);;/q;;;2*+3/p-6. The van der Waals surface area contributed by atoms with Crippen LogP contribution in [-0.4, -0.2) is 78.1 Å². The summed E-state index contributed by atoms with van der Waals surface area (Å²) in [4.78, 5) is 54.0. The molecule has 32 heteroatoms.